The molecule has 0 aromatic heterocycles. The number of benzene rings is 3. The monoisotopic (exact) mass is 533 g/mol. The van der Waals surface area contributed by atoms with Gasteiger partial charge in [-0.2, -0.15) is 0 Å². The van der Waals surface area contributed by atoms with Gasteiger partial charge in [-0.25, -0.2) is 0 Å². The molecule has 0 saturated heterocycles. The molecule has 7 heteroatoms. The second kappa shape index (κ2) is 11.9. The summed E-state index contributed by atoms with van der Waals surface area (Å²) in [5, 5.41) is 3.56. The number of hydrogen-bond donors (Lipinski definition) is 1. The van der Waals surface area contributed by atoms with Crippen LogP contribution in [0.15, 0.2) is 66.7 Å². The standard InChI is InChI=1S/C31H32ClNO5/c1-2-36-31(35)25-16-17-37-28-19-29(27(32)18-26(25)28)38-24-14-10-22(11-15-24)30(34)33-23-12-8-21(9-13-23)20-6-4-3-5-7-20/h3-7,10-11,14-15,18-19,21,23,25H,2,8-9,12-13,16-17H2,1H3,(H,33,34). The van der Waals surface area contributed by atoms with Gasteiger partial charge in [0.25, 0.3) is 5.91 Å². The minimum absolute atomic E-state index is 0.0788. The summed E-state index contributed by atoms with van der Waals surface area (Å²) in [5.41, 5.74) is 2.67. The van der Waals surface area contributed by atoms with Crippen LogP contribution in [-0.4, -0.2) is 31.1 Å². The molecule has 5 rings (SSSR count). The van der Waals surface area contributed by atoms with Gasteiger partial charge in [-0.3, -0.25) is 9.59 Å². The normalized spacial score (nSPS) is 20.5. The van der Waals surface area contributed by atoms with E-state index in [9.17, 15) is 9.59 Å². The van der Waals surface area contributed by atoms with Crippen LogP contribution in [0.4, 0.5) is 0 Å². The molecule has 3 aromatic rings. The number of hydrogen-bond acceptors (Lipinski definition) is 5. The maximum atomic E-state index is 12.9. The summed E-state index contributed by atoms with van der Waals surface area (Å²) in [6.07, 6.45) is 4.65. The van der Waals surface area contributed by atoms with Crippen molar-refractivity contribution in [3.8, 4) is 17.2 Å². The first kappa shape index (κ1) is 26.1. The topological polar surface area (TPSA) is 73.9 Å². The van der Waals surface area contributed by atoms with Gasteiger partial charge in [-0.05, 0) is 80.8 Å². The Morgan fingerprint density at radius 2 is 1.71 bits per heavy atom. The molecule has 1 heterocycles. The number of carbonyl (C=O) groups is 2. The third-order valence-corrected chi connectivity index (χ3v) is 7.65. The van der Waals surface area contributed by atoms with E-state index in [1.807, 2.05) is 6.07 Å². The van der Waals surface area contributed by atoms with E-state index in [1.165, 1.54) is 5.56 Å². The Labute approximate surface area is 228 Å². The molecule has 1 atom stereocenters. The molecular weight excluding hydrogens is 502 g/mol. The van der Waals surface area contributed by atoms with Gasteiger partial charge in [0.1, 0.15) is 17.2 Å². The van der Waals surface area contributed by atoms with Gasteiger partial charge in [0.2, 0.25) is 0 Å². The average Bonchev–Trinajstić information content (AvgIpc) is 2.94. The number of ether oxygens (including phenoxy) is 3. The van der Waals surface area contributed by atoms with Crippen LogP contribution in [0.2, 0.25) is 5.02 Å². The van der Waals surface area contributed by atoms with E-state index in [4.69, 9.17) is 25.8 Å². The zero-order valence-corrected chi connectivity index (χ0v) is 22.2. The lowest BCUT2D eigenvalue weighted by Crippen LogP contribution is -2.37. The minimum atomic E-state index is -0.406. The van der Waals surface area contributed by atoms with E-state index in [1.54, 1.807) is 43.3 Å². The van der Waals surface area contributed by atoms with Crippen LogP contribution in [0.5, 0.6) is 17.2 Å². The van der Waals surface area contributed by atoms with E-state index < -0.39 is 5.92 Å². The molecule has 2 aliphatic rings. The van der Waals surface area contributed by atoms with Gasteiger partial charge in [-0.15, -0.1) is 0 Å². The first-order valence-corrected chi connectivity index (χ1v) is 13.7. The zero-order chi connectivity index (χ0) is 26.5. The summed E-state index contributed by atoms with van der Waals surface area (Å²) in [4.78, 5) is 25.2. The Bertz CT molecular complexity index is 1270. The molecule has 0 radical (unpaired) electrons. The van der Waals surface area contributed by atoms with Gasteiger partial charge in [-0.1, -0.05) is 41.9 Å². The first-order valence-electron chi connectivity index (χ1n) is 13.3. The van der Waals surface area contributed by atoms with Crippen molar-refractivity contribution in [2.45, 2.75) is 56.9 Å². The van der Waals surface area contributed by atoms with Crippen molar-refractivity contribution in [2.75, 3.05) is 13.2 Å². The quantitative estimate of drug-likeness (QED) is 0.330. The van der Waals surface area contributed by atoms with Gasteiger partial charge in [0, 0.05) is 23.2 Å². The molecule has 1 amide bonds. The Kier molecular flexibility index (Phi) is 8.18. The molecule has 1 aliphatic carbocycles. The highest BCUT2D eigenvalue weighted by Gasteiger charge is 2.30. The van der Waals surface area contributed by atoms with Crippen molar-refractivity contribution in [1.82, 2.24) is 5.32 Å². The highest BCUT2D eigenvalue weighted by atomic mass is 35.5. The lowest BCUT2D eigenvalue weighted by Gasteiger charge is -2.29. The van der Waals surface area contributed by atoms with Crippen LogP contribution in [0.25, 0.3) is 0 Å². The van der Waals surface area contributed by atoms with E-state index in [2.05, 4.69) is 29.6 Å². The molecule has 1 saturated carbocycles. The van der Waals surface area contributed by atoms with Crippen molar-refractivity contribution in [3.05, 3.63) is 88.4 Å². The summed E-state index contributed by atoms with van der Waals surface area (Å²) in [6, 6.07) is 21.2. The summed E-state index contributed by atoms with van der Waals surface area (Å²) in [5.74, 6) is 1.33. The predicted molar refractivity (Wildman–Crippen MR) is 146 cm³/mol. The SMILES string of the molecule is CCOC(=O)C1CCOc2cc(Oc3ccc(C(=O)NC4CCC(c5ccccc5)CC4)cc3)c(Cl)cc21. The molecule has 1 aliphatic heterocycles. The summed E-state index contributed by atoms with van der Waals surface area (Å²) >= 11 is 6.50. The molecule has 38 heavy (non-hydrogen) atoms. The summed E-state index contributed by atoms with van der Waals surface area (Å²) in [6.45, 7) is 2.52. The Morgan fingerprint density at radius 1 is 0.974 bits per heavy atom. The van der Waals surface area contributed by atoms with Gasteiger partial charge >= 0.3 is 5.97 Å². The van der Waals surface area contributed by atoms with Crippen molar-refractivity contribution in [2.24, 2.45) is 0 Å². The van der Waals surface area contributed by atoms with Crippen LogP contribution >= 0.6 is 11.6 Å². The van der Waals surface area contributed by atoms with E-state index in [0.717, 1.165) is 25.7 Å². The van der Waals surface area contributed by atoms with Crippen LogP contribution in [0, 0.1) is 0 Å². The smallest absolute Gasteiger partial charge is 0.313 e. The number of halogens is 1. The van der Waals surface area contributed by atoms with E-state index >= 15 is 0 Å². The van der Waals surface area contributed by atoms with Crippen LogP contribution < -0.4 is 14.8 Å². The largest absolute Gasteiger partial charge is 0.493 e. The number of esters is 1. The van der Waals surface area contributed by atoms with Crippen molar-refractivity contribution >= 4 is 23.5 Å². The zero-order valence-electron chi connectivity index (χ0n) is 21.5. The fraction of sp³-hybridized carbons (Fsp3) is 0.355. The van der Waals surface area contributed by atoms with Crippen molar-refractivity contribution in [1.29, 1.82) is 0 Å². The van der Waals surface area contributed by atoms with Crippen LogP contribution in [0.1, 0.15) is 72.3 Å². The fourth-order valence-corrected chi connectivity index (χ4v) is 5.53. The second-order valence-electron chi connectivity index (χ2n) is 9.82. The van der Waals surface area contributed by atoms with Crippen LogP contribution in [-0.2, 0) is 9.53 Å². The highest BCUT2D eigenvalue weighted by Crippen LogP contribution is 2.42. The summed E-state index contributed by atoms with van der Waals surface area (Å²) < 4.78 is 17.0. The van der Waals surface area contributed by atoms with Gasteiger partial charge in [0.05, 0.1) is 24.2 Å². The molecule has 3 aromatic carbocycles. The lowest BCUT2D eigenvalue weighted by molar-refractivity contribution is -0.145. The maximum absolute atomic E-state index is 12.9. The Morgan fingerprint density at radius 3 is 2.42 bits per heavy atom. The molecule has 1 N–H and O–H groups in total. The number of carbonyl (C=O) groups excluding carboxylic acids is 2. The number of fused-ring (bicyclic) bond motifs is 1. The highest BCUT2D eigenvalue weighted by molar-refractivity contribution is 6.32. The average molecular weight is 534 g/mol. The molecule has 1 fully saturated rings. The second-order valence-corrected chi connectivity index (χ2v) is 10.2. The maximum Gasteiger partial charge on any atom is 0.313 e. The van der Waals surface area contributed by atoms with Gasteiger partial charge < -0.3 is 19.5 Å². The molecular formula is C31H32ClNO5. The van der Waals surface area contributed by atoms with Crippen molar-refractivity contribution < 1.29 is 23.8 Å². The summed E-state index contributed by atoms with van der Waals surface area (Å²) in [7, 11) is 0. The Balaban J connectivity index is 1.18. The predicted octanol–water partition coefficient (Wildman–Crippen LogP) is 7.02. The molecule has 198 valence electrons. The number of nitrogens with one attached hydrogen (secondary N) is 1. The van der Waals surface area contributed by atoms with Crippen LogP contribution in [0.3, 0.4) is 0 Å². The van der Waals surface area contributed by atoms with E-state index in [0.29, 0.717) is 59.0 Å². The number of amides is 1. The molecule has 0 bridgehead atoms. The third-order valence-electron chi connectivity index (χ3n) is 7.35. The Hall–Kier alpha value is -3.51. The third kappa shape index (κ3) is 5.97. The molecule has 0 spiro atoms. The van der Waals surface area contributed by atoms with Gasteiger partial charge in [0.15, 0.2) is 0 Å². The molecule has 1 unspecified atom stereocenters. The fourth-order valence-electron chi connectivity index (χ4n) is 5.32. The number of rotatable bonds is 7. The minimum Gasteiger partial charge on any atom is -0.493 e. The molecule has 6 nitrogen and oxygen atoms in total. The van der Waals surface area contributed by atoms with Crippen molar-refractivity contribution in [3.63, 3.8) is 0 Å². The lowest BCUT2D eigenvalue weighted by atomic mass is 9.82. The van der Waals surface area contributed by atoms with E-state index in [-0.39, 0.29) is 17.9 Å². The first-order chi connectivity index (χ1) is 18.5.